The van der Waals surface area contributed by atoms with Gasteiger partial charge < -0.3 is 9.73 Å². The van der Waals surface area contributed by atoms with Crippen LogP contribution in [0.1, 0.15) is 52.0 Å². The topological polar surface area (TPSA) is 79.2 Å². The standard InChI is InChI=1S/C22H32N4O2S/c1-15(2)11-12-23-22(29)26-25-20(27)9-10-21-24-14-19(28-21)18-7-5-17(6-8-18)13-16(3)4/h5-8,14-16H,9-13H2,1-4H3,(H,25,27)(H2,23,26,29). The molecule has 0 aliphatic heterocycles. The van der Waals surface area contributed by atoms with Crippen molar-refractivity contribution in [3.05, 3.63) is 41.9 Å². The van der Waals surface area contributed by atoms with E-state index in [9.17, 15) is 4.79 Å². The second kappa shape index (κ2) is 11.6. The van der Waals surface area contributed by atoms with Crippen molar-refractivity contribution in [1.29, 1.82) is 0 Å². The molecule has 7 heteroatoms. The first-order valence-electron chi connectivity index (χ1n) is 10.2. The normalized spacial score (nSPS) is 11.0. The van der Waals surface area contributed by atoms with Crippen LogP contribution >= 0.6 is 12.2 Å². The van der Waals surface area contributed by atoms with Crippen LogP contribution in [0.25, 0.3) is 11.3 Å². The third-order valence-corrected chi connectivity index (χ3v) is 4.57. The predicted molar refractivity (Wildman–Crippen MR) is 120 cm³/mol. The van der Waals surface area contributed by atoms with E-state index in [4.69, 9.17) is 16.6 Å². The van der Waals surface area contributed by atoms with Crippen molar-refractivity contribution in [2.45, 2.75) is 53.4 Å². The van der Waals surface area contributed by atoms with E-state index in [0.29, 0.717) is 35.0 Å². The maximum atomic E-state index is 12.0. The fourth-order valence-corrected chi connectivity index (χ4v) is 2.92. The number of rotatable bonds is 9. The third kappa shape index (κ3) is 8.64. The van der Waals surface area contributed by atoms with Gasteiger partial charge in [0.05, 0.1) is 6.20 Å². The highest BCUT2D eigenvalue weighted by Gasteiger charge is 2.10. The number of hydrogen-bond donors (Lipinski definition) is 3. The first-order valence-corrected chi connectivity index (χ1v) is 10.6. The van der Waals surface area contributed by atoms with Gasteiger partial charge >= 0.3 is 0 Å². The van der Waals surface area contributed by atoms with E-state index in [1.54, 1.807) is 6.20 Å². The number of carbonyl (C=O) groups excluding carboxylic acids is 1. The Kier molecular flexibility index (Phi) is 9.12. The molecule has 1 heterocycles. The maximum Gasteiger partial charge on any atom is 0.238 e. The van der Waals surface area contributed by atoms with E-state index in [-0.39, 0.29) is 12.3 Å². The van der Waals surface area contributed by atoms with E-state index < -0.39 is 0 Å². The summed E-state index contributed by atoms with van der Waals surface area (Å²) in [5.74, 6) is 2.31. The summed E-state index contributed by atoms with van der Waals surface area (Å²) in [7, 11) is 0. The fourth-order valence-electron chi connectivity index (χ4n) is 2.76. The van der Waals surface area contributed by atoms with Crippen LogP contribution in [0.3, 0.4) is 0 Å². The van der Waals surface area contributed by atoms with E-state index >= 15 is 0 Å². The minimum absolute atomic E-state index is 0.171. The molecule has 1 amide bonds. The molecule has 0 aliphatic rings. The van der Waals surface area contributed by atoms with Crippen LogP contribution in [0, 0.1) is 11.8 Å². The number of carbonyl (C=O) groups is 1. The van der Waals surface area contributed by atoms with Crippen molar-refractivity contribution in [2.24, 2.45) is 11.8 Å². The lowest BCUT2D eigenvalue weighted by Gasteiger charge is -2.12. The first-order chi connectivity index (χ1) is 13.8. The molecule has 29 heavy (non-hydrogen) atoms. The molecule has 0 aliphatic carbocycles. The van der Waals surface area contributed by atoms with Gasteiger partial charge in [0.25, 0.3) is 0 Å². The molecule has 0 saturated carbocycles. The lowest BCUT2D eigenvalue weighted by atomic mass is 10.0. The van der Waals surface area contributed by atoms with Crippen molar-refractivity contribution >= 4 is 23.2 Å². The fraction of sp³-hybridized carbons (Fsp3) is 0.500. The summed E-state index contributed by atoms with van der Waals surface area (Å²) < 4.78 is 5.79. The molecular weight excluding hydrogens is 384 g/mol. The van der Waals surface area contributed by atoms with Gasteiger partial charge in [0.2, 0.25) is 5.91 Å². The van der Waals surface area contributed by atoms with Gasteiger partial charge in [0.1, 0.15) is 0 Å². The quantitative estimate of drug-likeness (QED) is 0.423. The molecule has 0 fully saturated rings. The first kappa shape index (κ1) is 22.9. The van der Waals surface area contributed by atoms with Gasteiger partial charge in [0, 0.05) is 24.9 Å². The molecule has 0 bridgehead atoms. The SMILES string of the molecule is CC(C)CCNC(=S)NNC(=O)CCc1ncc(-c2ccc(CC(C)C)cc2)o1. The summed E-state index contributed by atoms with van der Waals surface area (Å²) >= 11 is 5.12. The van der Waals surface area contributed by atoms with Crippen LogP contribution < -0.4 is 16.2 Å². The number of nitrogens with one attached hydrogen (secondary N) is 3. The Labute approximate surface area is 178 Å². The second-order valence-electron chi connectivity index (χ2n) is 8.02. The number of hydrogen-bond acceptors (Lipinski definition) is 4. The van der Waals surface area contributed by atoms with Gasteiger partial charge in [-0.25, -0.2) is 4.98 Å². The highest BCUT2D eigenvalue weighted by molar-refractivity contribution is 7.80. The molecule has 1 aromatic carbocycles. The number of nitrogens with zero attached hydrogens (tertiary/aromatic N) is 1. The molecule has 2 aromatic rings. The Balaban J connectivity index is 1.74. The molecular formula is C22H32N4O2S. The molecule has 6 nitrogen and oxygen atoms in total. The van der Waals surface area contributed by atoms with Gasteiger partial charge in [-0.2, -0.15) is 0 Å². The van der Waals surface area contributed by atoms with Crippen LogP contribution in [0.15, 0.2) is 34.9 Å². The summed E-state index contributed by atoms with van der Waals surface area (Å²) in [6, 6.07) is 8.33. The average Bonchev–Trinajstić information content (AvgIpc) is 3.13. The lowest BCUT2D eigenvalue weighted by Crippen LogP contribution is -2.47. The Morgan fingerprint density at radius 3 is 2.48 bits per heavy atom. The summed E-state index contributed by atoms with van der Waals surface area (Å²) in [5.41, 5.74) is 7.60. The molecule has 0 saturated heterocycles. The zero-order valence-electron chi connectivity index (χ0n) is 17.7. The van der Waals surface area contributed by atoms with E-state index in [1.807, 2.05) is 12.1 Å². The zero-order valence-corrected chi connectivity index (χ0v) is 18.6. The van der Waals surface area contributed by atoms with E-state index in [1.165, 1.54) is 5.56 Å². The summed E-state index contributed by atoms with van der Waals surface area (Å²) in [6.45, 7) is 9.49. The minimum Gasteiger partial charge on any atom is -0.441 e. The van der Waals surface area contributed by atoms with Gasteiger partial charge in [-0.15, -0.1) is 0 Å². The van der Waals surface area contributed by atoms with Crippen LogP contribution in [-0.2, 0) is 17.6 Å². The van der Waals surface area contributed by atoms with Gasteiger partial charge in [-0.1, -0.05) is 52.0 Å². The molecule has 1 aromatic heterocycles. The van der Waals surface area contributed by atoms with Crippen LogP contribution in [0.4, 0.5) is 0 Å². The number of aromatic nitrogens is 1. The number of oxazole rings is 1. The Morgan fingerprint density at radius 1 is 1.10 bits per heavy atom. The smallest absolute Gasteiger partial charge is 0.238 e. The minimum atomic E-state index is -0.171. The Morgan fingerprint density at radius 2 is 1.83 bits per heavy atom. The number of benzene rings is 1. The number of amides is 1. The van der Waals surface area contributed by atoms with E-state index in [0.717, 1.165) is 24.9 Å². The van der Waals surface area contributed by atoms with E-state index in [2.05, 4.69) is 61.0 Å². The lowest BCUT2D eigenvalue weighted by molar-refractivity contribution is -0.121. The van der Waals surface area contributed by atoms with Crippen molar-refractivity contribution in [3.63, 3.8) is 0 Å². The molecule has 0 unspecified atom stereocenters. The summed E-state index contributed by atoms with van der Waals surface area (Å²) in [6.07, 6.45) is 4.46. The number of thiocarbonyl (C=S) groups is 1. The van der Waals surface area contributed by atoms with Crippen molar-refractivity contribution < 1.29 is 9.21 Å². The van der Waals surface area contributed by atoms with Gasteiger partial charge in [-0.3, -0.25) is 15.6 Å². The summed E-state index contributed by atoms with van der Waals surface area (Å²) in [5, 5.41) is 3.47. The van der Waals surface area contributed by atoms with Crippen molar-refractivity contribution in [1.82, 2.24) is 21.2 Å². The van der Waals surface area contributed by atoms with Crippen molar-refractivity contribution in [2.75, 3.05) is 6.54 Å². The molecule has 0 atom stereocenters. The van der Waals surface area contributed by atoms with Gasteiger partial charge in [0.15, 0.2) is 16.8 Å². The third-order valence-electron chi connectivity index (χ3n) is 4.32. The zero-order chi connectivity index (χ0) is 21.2. The summed E-state index contributed by atoms with van der Waals surface area (Å²) in [4.78, 5) is 16.3. The van der Waals surface area contributed by atoms with Crippen molar-refractivity contribution in [3.8, 4) is 11.3 Å². The van der Waals surface area contributed by atoms with Crippen LogP contribution in [-0.4, -0.2) is 22.5 Å². The molecule has 158 valence electrons. The largest absolute Gasteiger partial charge is 0.441 e. The highest BCUT2D eigenvalue weighted by atomic mass is 32.1. The highest BCUT2D eigenvalue weighted by Crippen LogP contribution is 2.22. The maximum absolute atomic E-state index is 12.0. The molecule has 2 rings (SSSR count). The number of aryl methyl sites for hydroxylation is 1. The predicted octanol–water partition coefficient (Wildman–Crippen LogP) is 4.01. The Bertz CT molecular complexity index is 784. The average molecular weight is 417 g/mol. The number of hydrazine groups is 1. The monoisotopic (exact) mass is 416 g/mol. The van der Waals surface area contributed by atoms with Gasteiger partial charge in [-0.05, 0) is 42.5 Å². The van der Waals surface area contributed by atoms with Crippen LogP contribution in [0.2, 0.25) is 0 Å². The molecule has 3 N–H and O–H groups in total. The molecule has 0 radical (unpaired) electrons. The van der Waals surface area contributed by atoms with Crippen LogP contribution in [0.5, 0.6) is 0 Å². The Hall–Kier alpha value is -2.41. The second-order valence-corrected chi connectivity index (χ2v) is 8.43. The molecule has 0 spiro atoms.